The SMILES string of the molecule is Cc1cc(C(=O)NCC2(CCO)CC2)sc1Br. The van der Waals surface area contributed by atoms with Gasteiger partial charge in [0.1, 0.15) is 0 Å². The van der Waals surface area contributed by atoms with E-state index in [9.17, 15) is 4.79 Å². The molecule has 1 heterocycles. The van der Waals surface area contributed by atoms with Crippen molar-refractivity contribution in [3.8, 4) is 0 Å². The van der Waals surface area contributed by atoms with Crippen LogP contribution in [0.4, 0.5) is 0 Å². The highest BCUT2D eigenvalue weighted by atomic mass is 79.9. The molecule has 17 heavy (non-hydrogen) atoms. The number of rotatable bonds is 5. The zero-order valence-electron chi connectivity index (χ0n) is 9.75. The molecule has 5 heteroatoms. The van der Waals surface area contributed by atoms with E-state index in [0.29, 0.717) is 6.54 Å². The predicted molar refractivity (Wildman–Crippen MR) is 72.5 cm³/mol. The van der Waals surface area contributed by atoms with Gasteiger partial charge in [0.15, 0.2) is 0 Å². The number of nitrogens with one attached hydrogen (secondary N) is 1. The molecule has 1 amide bonds. The van der Waals surface area contributed by atoms with Crippen molar-refractivity contribution in [1.29, 1.82) is 0 Å². The lowest BCUT2D eigenvalue weighted by Crippen LogP contribution is -2.30. The monoisotopic (exact) mass is 317 g/mol. The number of aryl methyl sites for hydroxylation is 1. The summed E-state index contributed by atoms with van der Waals surface area (Å²) in [4.78, 5) is 12.6. The topological polar surface area (TPSA) is 49.3 Å². The second-order valence-corrected chi connectivity index (χ2v) is 7.09. The highest BCUT2D eigenvalue weighted by Gasteiger charge is 2.41. The average Bonchev–Trinajstić information content (AvgIpc) is 2.97. The number of aliphatic hydroxyl groups excluding tert-OH is 1. The molecule has 0 bridgehead atoms. The average molecular weight is 318 g/mol. The van der Waals surface area contributed by atoms with Crippen LogP contribution in [0.5, 0.6) is 0 Å². The van der Waals surface area contributed by atoms with Gasteiger partial charge in [0.25, 0.3) is 5.91 Å². The van der Waals surface area contributed by atoms with E-state index in [1.165, 1.54) is 11.3 Å². The van der Waals surface area contributed by atoms with Gasteiger partial charge in [0, 0.05) is 13.2 Å². The first kappa shape index (κ1) is 13.1. The fraction of sp³-hybridized carbons (Fsp3) is 0.583. The maximum absolute atomic E-state index is 11.9. The third-order valence-corrected chi connectivity index (χ3v) is 5.44. The molecule has 0 radical (unpaired) electrons. The molecule has 0 aromatic carbocycles. The summed E-state index contributed by atoms with van der Waals surface area (Å²) in [7, 11) is 0. The summed E-state index contributed by atoms with van der Waals surface area (Å²) >= 11 is 4.88. The molecule has 0 aliphatic heterocycles. The third kappa shape index (κ3) is 3.09. The Morgan fingerprint density at radius 1 is 1.65 bits per heavy atom. The number of carbonyl (C=O) groups is 1. The molecule has 1 saturated carbocycles. The van der Waals surface area contributed by atoms with Gasteiger partial charge in [-0.1, -0.05) is 0 Å². The van der Waals surface area contributed by atoms with Crippen LogP contribution in [0.1, 0.15) is 34.5 Å². The largest absolute Gasteiger partial charge is 0.396 e. The number of thiophene rings is 1. The maximum Gasteiger partial charge on any atom is 0.261 e. The minimum atomic E-state index is -0.00647. The van der Waals surface area contributed by atoms with E-state index >= 15 is 0 Å². The van der Waals surface area contributed by atoms with E-state index in [4.69, 9.17) is 5.11 Å². The molecule has 3 nitrogen and oxygen atoms in total. The minimum absolute atomic E-state index is 0.00647. The molecule has 0 spiro atoms. The zero-order chi connectivity index (χ0) is 12.5. The van der Waals surface area contributed by atoms with Crippen LogP contribution in [-0.2, 0) is 0 Å². The number of halogens is 1. The van der Waals surface area contributed by atoms with Crippen molar-refractivity contribution in [2.45, 2.75) is 26.2 Å². The number of hydrogen-bond donors (Lipinski definition) is 2. The molecule has 2 rings (SSSR count). The summed E-state index contributed by atoms with van der Waals surface area (Å²) in [6.45, 7) is 2.87. The van der Waals surface area contributed by atoms with Gasteiger partial charge in [-0.05, 0) is 59.2 Å². The molecular formula is C12H16BrNO2S. The Kier molecular flexibility index (Phi) is 3.90. The first-order valence-electron chi connectivity index (χ1n) is 5.71. The molecule has 1 fully saturated rings. The normalized spacial score (nSPS) is 16.9. The summed E-state index contributed by atoms with van der Waals surface area (Å²) in [6, 6.07) is 1.90. The van der Waals surface area contributed by atoms with E-state index in [-0.39, 0.29) is 17.9 Å². The molecule has 0 saturated heterocycles. The van der Waals surface area contributed by atoms with E-state index in [0.717, 1.165) is 33.5 Å². The summed E-state index contributed by atoms with van der Waals surface area (Å²) in [5.41, 5.74) is 1.27. The van der Waals surface area contributed by atoms with Gasteiger partial charge >= 0.3 is 0 Å². The molecule has 0 unspecified atom stereocenters. The fourth-order valence-electron chi connectivity index (χ4n) is 1.86. The molecule has 1 aliphatic carbocycles. The Morgan fingerprint density at radius 2 is 2.35 bits per heavy atom. The van der Waals surface area contributed by atoms with Crippen LogP contribution >= 0.6 is 27.3 Å². The zero-order valence-corrected chi connectivity index (χ0v) is 12.2. The summed E-state index contributed by atoms with van der Waals surface area (Å²) < 4.78 is 1.01. The van der Waals surface area contributed by atoms with Crippen LogP contribution in [0, 0.1) is 12.3 Å². The lowest BCUT2D eigenvalue weighted by molar-refractivity contribution is 0.0945. The van der Waals surface area contributed by atoms with E-state index < -0.39 is 0 Å². The highest BCUT2D eigenvalue weighted by Crippen LogP contribution is 2.47. The molecule has 1 aromatic heterocycles. The number of amides is 1. The summed E-state index contributed by atoms with van der Waals surface area (Å²) in [5.74, 6) is -0.00647. The molecular weight excluding hydrogens is 302 g/mol. The Morgan fingerprint density at radius 3 is 2.82 bits per heavy atom. The standard InChI is InChI=1S/C12H16BrNO2S/c1-8-6-9(17-10(8)13)11(16)14-7-12(2-3-12)4-5-15/h6,15H,2-5,7H2,1H3,(H,14,16). The lowest BCUT2D eigenvalue weighted by atomic mass is 10.0. The predicted octanol–water partition coefficient (Wildman–Crippen LogP) is 2.71. The Balaban J connectivity index is 1.89. The fourth-order valence-corrected chi connectivity index (χ4v) is 3.31. The van der Waals surface area contributed by atoms with Crippen LogP contribution in [0.3, 0.4) is 0 Å². The van der Waals surface area contributed by atoms with Crippen molar-refractivity contribution in [3.05, 3.63) is 20.3 Å². The van der Waals surface area contributed by atoms with Crippen molar-refractivity contribution in [3.63, 3.8) is 0 Å². The second-order valence-electron chi connectivity index (χ2n) is 4.72. The maximum atomic E-state index is 11.9. The lowest BCUT2D eigenvalue weighted by Gasteiger charge is -2.13. The quantitative estimate of drug-likeness (QED) is 0.877. The van der Waals surface area contributed by atoms with Gasteiger partial charge < -0.3 is 10.4 Å². The van der Waals surface area contributed by atoms with E-state index in [2.05, 4.69) is 21.2 Å². The first-order chi connectivity index (χ1) is 8.06. The molecule has 2 N–H and O–H groups in total. The van der Waals surface area contributed by atoms with Gasteiger partial charge in [-0.2, -0.15) is 0 Å². The second kappa shape index (κ2) is 5.08. The van der Waals surface area contributed by atoms with Crippen LogP contribution in [-0.4, -0.2) is 24.2 Å². The van der Waals surface area contributed by atoms with Crippen LogP contribution in [0.2, 0.25) is 0 Å². The van der Waals surface area contributed by atoms with E-state index in [1.54, 1.807) is 0 Å². The van der Waals surface area contributed by atoms with Crippen molar-refractivity contribution in [2.75, 3.05) is 13.2 Å². The Labute approximate surface area is 113 Å². The molecule has 94 valence electrons. The molecule has 0 atom stereocenters. The number of carbonyl (C=O) groups excluding carboxylic acids is 1. The Hall–Kier alpha value is -0.390. The smallest absolute Gasteiger partial charge is 0.261 e. The van der Waals surface area contributed by atoms with Crippen molar-refractivity contribution >= 4 is 33.2 Å². The van der Waals surface area contributed by atoms with Crippen molar-refractivity contribution in [2.24, 2.45) is 5.41 Å². The van der Waals surface area contributed by atoms with Gasteiger partial charge in [-0.25, -0.2) is 0 Å². The van der Waals surface area contributed by atoms with Gasteiger partial charge in [-0.3, -0.25) is 4.79 Å². The third-order valence-electron chi connectivity index (χ3n) is 3.30. The van der Waals surface area contributed by atoms with Gasteiger partial charge in [-0.15, -0.1) is 11.3 Å². The summed E-state index contributed by atoms with van der Waals surface area (Å²) in [6.07, 6.45) is 3.02. The summed E-state index contributed by atoms with van der Waals surface area (Å²) in [5, 5.41) is 11.9. The van der Waals surface area contributed by atoms with Crippen LogP contribution < -0.4 is 5.32 Å². The number of aliphatic hydroxyl groups is 1. The van der Waals surface area contributed by atoms with Crippen LogP contribution in [0.15, 0.2) is 9.85 Å². The first-order valence-corrected chi connectivity index (χ1v) is 7.32. The van der Waals surface area contributed by atoms with E-state index in [1.807, 2.05) is 13.0 Å². The van der Waals surface area contributed by atoms with Gasteiger partial charge in [0.05, 0.1) is 8.66 Å². The van der Waals surface area contributed by atoms with Gasteiger partial charge in [0.2, 0.25) is 0 Å². The minimum Gasteiger partial charge on any atom is -0.396 e. The van der Waals surface area contributed by atoms with Crippen molar-refractivity contribution in [1.82, 2.24) is 5.32 Å². The van der Waals surface area contributed by atoms with Crippen LogP contribution in [0.25, 0.3) is 0 Å². The van der Waals surface area contributed by atoms with Crippen molar-refractivity contribution < 1.29 is 9.90 Å². The number of hydrogen-bond acceptors (Lipinski definition) is 3. The highest BCUT2D eigenvalue weighted by molar-refractivity contribution is 9.11. The molecule has 1 aliphatic rings. The Bertz CT molecular complexity index is 407. The molecule has 1 aromatic rings.